The predicted molar refractivity (Wildman–Crippen MR) is 56.9 cm³/mol. The molecular formula is C9H20ClP. The van der Waals surface area contributed by atoms with Crippen LogP contribution in [0.25, 0.3) is 0 Å². The molecule has 0 heterocycles. The number of hydrogen-bond acceptors (Lipinski definition) is 0. The molecule has 0 aliphatic heterocycles. The third-order valence-electron chi connectivity index (χ3n) is 1.72. The van der Waals surface area contributed by atoms with Crippen LogP contribution in [0.15, 0.2) is 0 Å². The van der Waals surface area contributed by atoms with Crippen molar-refractivity contribution in [3.05, 3.63) is 0 Å². The summed E-state index contributed by atoms with van der Waals surface area (Å²) >= 11 is 6.12. The summed E-state index contributed by atoms with van der Waals surface area (Å²) in [4.78, 5) is 0. The normalized spacial score (nSPS) is 13.4. The zero-order valence-corrected chi connectivity index (χ0v) is 9.43. The maximum atomic E-state index is 6.12. The molecule has 1 unspecified atom stereocenters. The number of unbranched alkanes of at least 4 members (excludes halogenated alkanes) is 3. The fraction of sp³-hybridized carbons (Fsp3) is 1.00. The Morgan fingerprint density at radius 3 is 2.18 bits per heavy atom. The minimum atomic E-state index is -0.125. The quantitative estimate of drug-likeness (QED) is 0.410. The Kier molecular flexibility index (Phi) is 9.39. The van der Waals surface area contributed by atoms with Gasteiger partial charge in [0, 0.05) is 0 Å². The first-order chi connectivity index (χ1) is 5.31. The lowest BCUT2D eigenvalue weighted by Gasteiger charge is -2.06. The van der Waals surface area contributed by atoms with Gasteiger partial charge >= 0.3 is 0 Å². The molecule has 0 rings (SSSR count). The highest BCUT2D eigenvalue weighted by Gasteiger charge is 2.00. The maximum absolute atomic E-state index is 6.12. The van der Waals surface area contributed by atoms with Crippen LogP contribution in [0.5, 0.6) is 0 Å². The molecule has 0 aliphatic rings. The molecule has 0 nitrogen and oxygen atoms in total. The second-order valence-electron chi connectivity index (χ2n) is 2.97. The van der Waals surface area contributed by atoms with E-state index in [2.05, 4.69) is 13.8 Å². The lowest BCUT2D eigenvalue weighted by Crippen LogP contribution is -1.84. The SMILES string of the molecule is CCCCCCP(Cl)CCC. The Bertz CT molecular complexity index is 76.0. The monoisotopic (exact) mass is 194 g/mol. The van der Waals surface area contributed by atoms with Gasteiger partial charge in [0.05, 0.1) is 0 Å². The van der Waals surface area contributed by atoms with E-state index in [-0.39, 0.29) is 7.27 Å². The number of hydrogen-bond donors (Lipinski definition) is 0. The number of rotatable bonds is 7. The Morgan fingerprint density at radius 2 is 1.64 bits per heavy atom. The minimum Gasteiger partial charge on any atom is -0.0964 e. The van der Waals surface area contributed by atoms with Gasteiger partial charge in [0.2, 0.25) is 0 Å². The molecule has 0 saturated heterocycles. The molecule has 0 radical (unpaired) electrons. The van der Waals surface area contributed by atoms with Gasteiger partial charge in [-0.05, 0) is 26.0 Å². The van der Waals surface area contributed by atoms with Crippen molar-refractivity contribution in [2.24, 2.45) is 0 Å². The molecule has 0 fully saturated rings. The van der Waals surface area contributed by atoms with Gasteiger partial charge in [0.15, 0.2) is 0 Å². The van der Waals surface area contributed by atoms with Crippen LogP contribution in [0.4, 0.5) is 0 Å². The molecule has 0 N–H and O–H groups in total. The fourth-order valence-electron chi connectivity index (χ4n) is 1.06. The molecule has 2 heteroatoms. The maximum Gasteiger partial charge on any atom is -0.00975 e. The van der Waals surface area contributed by atoms with Crippen molar-refractivity contribution < 1.29 is 0 Å². The van der Waals surface area contributed by atoms with E-state index in [1.54, 1.807) is 0 Å². The smallest absolute Gasteiger partial charge is 0.00975 e. The Balaban J connectivity index is 2.97. The van der Waals surface area contributed by atoms with E-state index in [9.17, 15) is 0 Å². The molecule has 11 heavy (non-hydrogen) atoms. The highest BCUT2D eigenvalue weighted by Crippen LogP contribution is 2.42. The van der Waals surface area contributed by atoms with Gasteiger partial charge in [-0.2, -0.15) is 0 Å². The summed E-state index contributed by atoms with van der Waals surface area (Å²) in [6, 6.07) is 0. The lowest BCUT2D eigenvalue weighted by atomic mass is 10.2. The van der Waals surface area contributed by atoms with E-state index in [1.165, 1.54) is 44.4 Å². The van der Waals surface area contributed by atoms with E-state index in [0.29, 0.717) is 0 Å². The molecule has 0 bridgehead atoms. The molecule has 0 spiro atoms. The third-order valence-corrected chi connectivity index (χ3v) is 4.47. The topological polar surface area (TPSA) is 0 Å². The molecule has 1 atom stereocenters. The van der Waals surface area contributed by atoms with Crippen molar-refractivity contribution >= 4 is 18.5 Å². The second kappa shape index (κ2) is 8.81. The Labute approximate surface area is 77.3 Å². The van der Waals surface area contributed by atoms with Gasteiger partial charge in [-0.15, -0.1) is 0 Å². The summed E-state index contributed by atoms with van der Waals surface area (Å²) in [7, 11) is -0.125. The summed E-state index contributed by atoms with van der Waals surface area (Å²) in [5.74, 6) is 0. The van der Waals surface area contributed by atoms with Crippen molar-refractivity contribution in [3.63, 3.8) is 0 Å². The average molecular weight is 195 g/mol. The predicted octanol–water partition coefficient (Wildman–Crippen LogP) is 4.61. The molecule has 0 aromatic carbocycles. The van der Waals surface area contributed by atoms with E-state index >= 15 is 0 Å². The van der Waals surface area contributed by atoms with Gasteiger partial charge < -0.3 is 0 Å². The summed E-state index contributed by atoms with van der Waals surface area (Å²) in [5.41, 5.74) is 0. The van der Waals surface area contributed by atoms with E-state index < -0.39 is 0 Å². The van der Waals surface area contributed by atoms with Gasteiger partial charge in [-0.25, -0.2) is 0 Å². The van der Waals surface area contributed by atoms with Crippen LogP contribution in [-0.4, -0.2) is 12.3 Å². The molecule has 0 saturated carbocycles. The molecule has 0 aromatic rings. The first kappa shape index (κ1) is 11.7. The zero-order valence-electron chi connectivity index (χ0n) is 7.77. The van der Waals surface area contributed by atoms with Crippen molar-refractivity contribution in [1.29, 1.82) is 0 Å². The standard InChI is InChI=1S/C9H20ClP/c1-3-5-6-7-9-11(10)8-4-2/h3-9H2,1-2H3. The third kappa shape index (κ3) is 8.63. The van der Waals surface area contributed by atoms with Crippen LogP contribution in [0.2, 0.25) is 0 Å². The van der Waals surface area contributed by atoms with E-state index in [1.807, 2.05) is 0 Å². The first-order valence-electron chi connectivity index (χ1n) is 4.72. The van der Waals surface area contributed by atoms with Crippen LogP contribution in [0.3, 0.4) is 0 Å². The first-order valence-corrected chi connectivity index (χ1v) is 7.33. The minimum absolute atomic E-state index is 0.125. The van der Waals surface area contributed by atoms with Gasteiger partial charge in [0.25, 0.3) is 0 Å². The zero-order chi connectivity index (χ0) is 8.53. The van der Waals surface area contributed by atoms with Crippen molar-refractivity contribution in [3.8, 4) is 0 Å². The van der Waals surface area contributed by atoms with E-state index in [0.717, 1.165) is 0 Å². The van der Waals surface area contributed by atoms with Crippen LogP contribution in [-0.2, 0) is 0 Å². The highest BCUT2D eigenvalue weighted by atomic mass is 35.7. The van der Waals surface area contributed by atoms with Gasteiger partial charge in [-0.3, -0.25) is 0 Å². The average Bonchev–Trinajstić information content (AvgIpc) is 1.99. The van der Waals surface area contributed by atoms with Crippen molar-refractivity contribution in [2.45, 2.75) is 46.0 Å². The van der Waals surface area contributed by atoms with Crippen LogP contribution < -0.4 is 0 Å². The number of halogens is 1. The van der Waals surface area contributed by atoms with Crippen LogP contribution in [0.1, 0.15) is 46.0 Å². The fourth-order valence-corrected chi connectivity index (χ4v) is 3.21. The summed E-state index contributed by atoms with van der Waals surface area (Å²) < 4.78 is 0. The molecule has 0 aromatic heterocycles. The van der Waals surface area contributed by atoms with Crippen LogP contribution in [0, 0.1) is 0 Å². The lowest BCUT2D eigenvalue weighted by molar-refractivity contribution is 0.705. The van der Waals surface area contributed by atoms with Crippen LogP contribution >= 0.6 is 18.5 Å². The Morgan fingerprint density at radius 1 is 0.909 bits per heavy atom. The second-order valence-corrected chi connectivity index (χ2v) is 6.22. The molecule has 0 amide bonds. The van der Waals surface area contributed by atoms with Crippen molar-refractivity contribution in [1.82, 2.24) is 0 Å². The van der Waals surface area contributed by atoms with E-state index in [4.69, 9.17) is 11.2 Å². The summed E-state index contributed by atoms with van der Waals surface area (Å²) in [6.45, 7) is 4.46. The van der Waals surface area contributed by atoms with Crippen molar-refractivity contribution in [2.75, 3.05) is 12.3 Å². The molecule has 0 aliphatic carbocycles. The molecular weight excluding hydrogens is 175 g/mol. The molecule has 68 valence electrons. The summed E-state index contributed by atoms with van der Waals surface area (Å²) in [5, 5.41) is 0. The van der Waals surface area contributed by atoms with Gasteiger partial charge in [0.1, 0.15) is 0 Å². The summed E-state index contributed by atoms with van der Waals surface area (Å²) in [6.07, 6.45) is 9.23. The van der Waals surface area contributed by atoms with Gasteiger partial charge in [-0.1, -0.05) is 50.8 Å². The Hall–Kier alpha value is 0.720. The largest absolute Gasteiger partial charge is 0.0964 e. The highest BCUT2D eigenvalue weighted by molar-refractivity contribution is 7.83.